The van der Waals surface area contributed by atoms with Gasteiger partial charge in [-0.25, -0.2) is 0 Å². The maximum absolute atomic E-state index is 12.9. The fourth-order valence-electron chi connectivity index (χ4n) is 3.96. The molecule has 0 atom stereocenters. The lowest BCUT2D eigenvalue weighted by Gasteiger charge is -2.11. The predicted octanol–water partition coefficient (Wildman–Crippen LogP) is 6.40. The summed E-state index contributed by atoms with van der Waals surface area (Å²) in [6.45, 7) is 6.34. The Hall–Kier alpha value is -3.46. The maximum atomic E-state index is 12.9. The Labute approximate surface area is 202 Å². The number of rotatable bonds is 5. The van der Waals surface area contributed by atoms with E-state index in [-0.39, 0.29) is 5.57 Å². The zero-order valence-electron chi connectivity index (χ0n) is 18.5. The van der Waals surface area contributed by atoms with Gasteiger partial charge >= 0.3 is 0 Å². The number of carbonyl (C=O) groups excluding carboxylic acids is 1. The Morgan fingerprint density at radius 3 is 2.39 bits per heavy atom. The number of nitrogens with one attached hydrogen (secondary N) is 1. The Kier molecular flexibility index (Phi) is 6.33. The van der Waals surface area contributed by atoms with E-state index in [0.29, 0.717) is 16.6 Å². The lowest BCUT2D eigenvalue weighted by Crippen LogP contribution is -2.25. The highest BCUT2D eigenvalue weighted by Crippen LogP contribution is 2.30. The number of benzene rings is 2. The van der Waals surface area contributed by atoms with Crippen LogP contribution in [0.25, 0.3) is 17.0 Å². The fraction of sp³-hybridized carbons (Fsp3) is 0.154. The third kappa shape index (κ3) is 4.41. The first-order chi connectivity index (χ1) is 15.8. The van der Waals surface area contributed by atoms with E-state index in [2.05, 4.69) is 16.1 Å². The first-order valence-corrected chi connectivity index (χ1v) is 11.2. The lowest BCUT2D eigenvalue weighted by molar-refractivity contribution is -0.113. The fourth-order valence-corrected chi connectivity index (χ4v) is 4.28. The van der Waals surface area contributed by atoms with Crippen molar-refractivity contribution in [2.75, 3.05) is 5.43 Å². The molecule has 0 spiro atoms. The summed E-state index contributed by atoms with van der Waals surface area (Å²) < 4.78 is 3.82. The number of fused-ring (bicyclic) bond motifs is 1. The van der Waals surface area contributed by atoms with Gasteiger partial charge in [-0.1, -0.05) is 47.5 Å². The van der Waals surface area contributed by atoms with E-state index < -0.39 is 5.91 Å². The minimum atomic E-state index is -0.458. The molecule has 0 bridgehead atoms. The van der Waals surface area contributed by atoms with Crippen LogP contribution in [-0.4, -0.2) is 15.2 Å². The lowest BCUT2D eigenvalue weighted by atomic mass is 10.1. The average Bonchev–Trinajstić information content (AvgIpc) is 3.25. The van der Waals surface area contributed by atoms with E-state index in [1.807, 2.05) is 69.3 Å². The number of aryl methyl sites for hydroxylation is 2. The van der Waals surface area contributed by atoms with Gasteiger partial charge in [0.05, 0.1) is 10.0 Å². The van der Waals surface area contributed by atoms with Crippen molar-refractivity contribution in [3.8, 4) is 6.07 Å². The molecule has 0 aliphatic rings. The average molecular weight is 477 g/mol. The Balaban J connectivity index is 1.76. The molecule has 4 rings (SSSR count). The Morgan fingerprint density at radius 1 is 1.03 bits per heavy atom. The minimum Gasteiger partial charge on any atom is -0.340 e. The number of nitrogens with zero attached hydrogens (tertiary/aromatic N) is 3. The van der Waals surface area contributed by atoms with Gasteiger partial charge in [0.1, 0.15) is 11.6 Å². The smallest absolute Gasteiger partial charge is 0.280 e. The highest BCUT2D eigenvalue weighted by molar-refractivity contribution is 6.42. The minimum absolute atomic E-state index is 0.0306. The van der Waals surface area contributed by atoms with Crippen LogP contribution in [0.15, 0.2) is 60.2 Å². The van der Waals surface area contributed by atoms with Gasteiger partial charge < -0.3 is 4.57 Å². The van der Waals surface area contributed by atoms with Gasteiger partial charge in [0.2, 0.25) is 0 Å². The van der Waals surface area contributed by atoms with Crippen molar-refractivity contribution in [3.05, 3.63) is 98.4 Å². The molecule has 0 fully saturated rings. The molecule has 2 aromatic carbocycles. The van der Waals surface area contributed by atoms with Crippen LogP contribution in [0, 0.1) is 32.1 Å². The van der Waals surface area contributed by atoms with Crippen LogP contribution in [0.2, 0.25) is 10.0 Å². The standard InChI is InChI=1S/C26H22Cl2N4O/c1-16-8-9-17(2)32(16)30-26(33)20(14-29)13-22-18(3)31(25-7-5-4-6-21(22)25)15-19-10-11-23(27)24(28)12-19/h4-13H,15H2,1-3H3,(H,30,33)/b20-13+. The van der Waals surface area contributed by atoms with Gasteiger partial charge in [-0.15, -0.1) is 0 Å². The molecule has 0 aliphatic carbocycles. The maximum Gasteiger partial charge on any atom is 0.280 e. The topological polar surface area (TPSA) is 62.8 Å². The molecule has 4 aromatic rings. The number of hydrogen-bond donors (Lipinski definition) is 1. The van der Waals surface area contributed by atoms with Gasteiger partial charge in [-0.3, -0.25) is 14.9 Å². The van der Waals surface area contributed by atoms with E-state index >= 15 is 0 Å². The summed E-state index contributed by atoms with van der Waals surface area (Å²) in [5.41, 5.74) is 8.38. The summed E-state index contributed by atoms with van der Waals surface area (Å²) in [6, 6.07) is 19.4. The third-order valence-electron chi connectivity index (χ3n) is 5.74. The van der Waals surface area contributed by atoms with E-state index in [4.69, 9.17) is 23.2 Å². The van der Waals surface area contributed by atoms with Crippen molar-refractivity contribution in [2.45, 2.75) is 27.3 Å². The highest BCUT2D eigenvalue weighted by Gasteiger charge is 2.17. The first-order valence-electron chi connectivity index (χ1n) is 10.4. The van der Waals surface area contributed by atoms with E-state index in [1.165, 1.54) is 0 Å². The summed E-state index contributed by atoms with van der Waals surface area (Å²) in [6.07, 6.45) is 1.66. The van der Waals surface area contributed by atoms with Gasteiger partial charge in [0.15, 0.2) is 0 Å². The molecule has 1 N–H and O–H groups in total. The molecule has 2 aromatic heterocycles. The zero-order valence-corrected chi connectivity index (χ0v) is 20.0. The number of carbonyl (C=O) groups is 1. The van der Waals surface area contributed by atoms with Crippen LogP contribution >= 0.6 is 23.2 Å². The normalized spacial score (nSPS) is 11.6. The van der Waals surface area contributed by atoms with Crippen molar-refractivity contribution in [3.63, 3.8) is 0 Å². The largest absolute Gasteiger partial charge is 0.340 e. The summed E-state index contributed by atoms with van der Waals surface area (Å²) in [5, 5.41) is 11.7. The van der Waals surface area contributed by atoms with E-state index in [1.54, 1.807) is 16.8 Å². The third-order valence-corrected chi connectivity index (χ3v) is 6.48. The van der Waals surface area contributed by atoms with Crippen molar-refractivity contribution >= 4 is 46.1 Å². The van der Waals surface area contributed by atoms with Gasteiger partial charge in [0, 0.05) is 40.1 Å². The van der Waals surface area contributed by atoms with Crippen molar-refractivity contribution in [1.82, 2.24) is 9.24 Å². The second-order valence-corrected chi connectivity index (χ2v) is 8.73. The summed E-state index contributed by atoms with van der Waals surface area (Å²) in [5.74, 6) is -0.458. The van der Waals surface area contributed by atoms with Crippen LogP contribution in [-0.2, 0) is 11.3 Å². The Morgan fingerprint density at radius 2 is 1.73 bits per heavy atom. The van der Waals surface area contributed by atoms with Gasteiger partial charge in [-0.05, 0) is 62.7 Å². The molecule has 0 unspecified atom stereocenters. The van der Waals surface area contributed by atoms with Crippen molar-refractivity contribution in [1.29, 1.82) is 5.26 Å². The van der Waals surface area contributed by atoms with Crippen LogP contribution in [0.5, 0.6) is 0 Å². The number of hydrogen-bond acceptors (Lipinski definition) is 2. The molecule has 1 amide bonds. The summed E-state index contributed by atoms with van der Waals surface area (Å²) >= 11 is 12.3. The van der Waals surface area contributed by atoms with E-state index in [9.17, 15) is 10.1 Å². The first kappa shape index (κ1) is 22.7. The number of halogens is 2. The molecule has 33 heavy (non-hydrogen) atoms. The van der Waals surface area contributed by atoms with Crippen LogP contribution in [0.3, 0.4) is 0 Å². The molecular weight excluding hydrogens is 455 g/mol. The molecule has 166 valence electrons. The molecule has 7 heteroatoms. The summed E-state index contributed by atoms with van der Waals surface area (Å²) in [7, 11) is 0. The van der Waals surface area contributed by atoms with Gasteiger partial charge in [-0.2, -0.15) is 5.26 Å². The molecule has 5 nitrogen and oxygen atoms in total. The van der Waals surface area contributed by atoms with Crippen LogP contribution < -0.4 is 5.43 Å². The second-order valence-electron chi connectivity index (χ2n) is 7.91. The van der Waals surface area contributed by atoms with E-state index in [0.717, 1.165) is 39.1 Å². The quantitative estimate of drug-likeness (QED) is 0.267. The molecule has 0 aliphatic heterocycles. The number of nitriles is 1. The summed E-state index contributed by atoms with van der Waals surface area (Å²) in [4.78, 5) is 12.9. The molecular formula is C26H22Cl2N4O. The zero-order chi connectivity index (χ0) is 23.7. The molecule has 2 heterocycles. The van der Waals surface area contributed by atoms with Crippen LogP contribution in [0.1, 0.15) is 28.2 Å². The van der Waals surface area contributed by atoms with Crippen molar-refractivity contribution < 1.29 is 4.79 Å². The number of aromatic nitrogens is 2. The number of amides is 1. The number of para-hydroxylation sites is 1. The van der Waals surface area contributed by atoms with Crippen molar-refractivity contribution in [2.24, 2.45) is 0 Å². The molecule has 0 saturated carbocycles. The molecule has 0 saturated heterocycles. The SMILES string of the molecule is Cc1ccc(C)n1NC(=O)/C(C#N)=C/c1c(C)n(Cc2ccc(Cl)c(Cl)c2)c2ccccc12. The highest BCUT2D eigenvalue weighted by atomic mass is 35.5. The monoisotopic (exact) mass is 476 g/mol. The Bertz CT molecular complexity index is 1430. The van der Waals surface area contributed by atoms with Gasteiger partial charge in [0.25, 0.3) is 5.91 Å². The molecule has 0 radical (unpaired) electrons. The predicted molar refractivity (Wildman–Crippen MR) is 134 cm³/mol. The second kappa shape index (κ2) is 9.19. The van der Waals surface area contributed by atoms with Crippen LogP contribution in [0.4, 0.5) is 0 Å².